The van der Waals surface area contributed by atoms with Gasteiger partial charge in [-0.05, 0) is 31.1 Å². The van der Waals surface area contributed by atoms with Crippen molar-refractivity contribution in [1.29, 1.82) is 0 Å². The van der Waals surface area contributed by atoms with E-state index in [0.717, 1.165) is 32.1 Å². The average molecular weight is 269 g/mol. The van der Waals surface area contributed by atoms with Crippen LogP contribution in [0.5, 0.6) is 0 Å². The molecule has 112 valence electrons. The van der Waals surface area contributed by atoms with E-state index < -0.39 is 5.54 Å². The maximum atomic E-state index is 12.2. The fourth-order valence-electron chi connectivity index (χ4n) is 3.01. The Labute approximate surface area is 118 Å². The zero-order valence-corrected chi connectivity index (χ0v) is 12.9. The minimum Gasteiger partial charge on any atom is -0.464 e. The molecule has 3 unspecified atom stereocenters. The van der Waals surface area contributed by atoms with E-state index in [1.807, 2.05) is 0 Å². The number of rotatable bonds is 7. The van der Waals surface area contributed by atoms with Gasteiger partial charge in [0.15, 0.2) is 0 Å². The molecule has 1 rings (SSSR count). The Morgan fingerprint density at radius 1 is 1.47 bits per heavy atom. The van der Waals surface area contributed by atoms with E-state index in [9.17, 15) is 4.79 Å². The molecule has 0 aromatic rings. The van der Waals surface area contributed by atoms with Crippen LogP contribution in [0.1, 0.15) is 72.1 Å². The number of hydrogen-bond acceptors (Lipinski definition) is 3. The number of ether oxygens (including phenoxy) is 1. The lowest BCUT2D eigenvalue weighted by Crippen LogP contribution is -2.52. The van der Waals surface area contributed by atoms with Crippen LogP contribution in [0.3, 0.4) is 0 Å². The molecular formula is C16H31NO2. The first-order chi connectivity index (χ1) is 9.01. The Morgan fingerprint density at radius 2 is 2.21 bits per heavy atom. The van der Waals surface area contributed by atoms with E-state index in [2.05, 4.69) is 20.8 Å². The highest BCUT2D eigenvalue weighted by atomic mass is 16.5. The molecule has 0 aromatic heterocycles. The third-order valence-corrected chi connectivity index (χ3v) is 4.43. The van der Waals surface area contributed by atoms with Crippen molar-refractivity contribution in [2.75, 3.05) is 6.61 Å². The van der Waals surface area contributed by atoms with Gasteiger partial charge in [0.1, 0.15) is 5.54 Å². The predicted octanol–water partition coefficient (Wildman–Crippen LogP) is 3.65. The summed E-state index contributed by atoms with van der Waals surface area (Å²) in [5.41, 5.74) is 5.52. The van der Waals surface area contributed by atoms with E-state index in [1.165, 1.54) is 19.3 Å². The summed E-state index contributed by atoms with van der Waals surface area (Å²) in [6.07, 6.45) is 8.40. The van der Waals surface area contributed by atoms with Crippen molar-refractivity contribution in [1.82, 2.24) is 0 Å². The second-order valence-corrected chi connectivity index (χ2v) is 6.37. The van der Waals surface area contributed by atoms with Crippen LogP contribution in [0, 0.1) is 11.8 Å². The van der Waals surface area contributed by atoms with Crippen LogP contribution in [0.2, 0.25) is 0 Å². The van der Waals surface area contributed by atoms with Gasteiger partial charge in [-0.15, -0.1) is 0 Å². The van der Waals surface area contributed by atoms with Gasteiger partial charge in [-0.1, -0.05) is 52.9 Å². The Morgan fingerprint density at radius 3 is 2.79 bits per heavy atom. The first kappa shape index (κ1) is 16.5. The van der Waals surface area contributed by atoms with Gasteiger partial charge in [-0.25, -0.2) is 0 Å². The molecule has 19 heavy (non-hydrogen) atoms. The molecular weight excluding hydrogens is 238 g/mol. The van der Waals surface area contributed by atoms with Gasteiger partial charge in [0.05, 0.1) is 6.61 Å². The van der Waals surface area contributed by atoms with Gasteiger partial charge in [0, 0.05) is 0 Å². The second kappa shape index (κ2) is 7.88. The first-order valence-electron chi connectivity index (χ1n) is 7.98. The number of carbonyl (C=O) groups excluding carboxylic acids is 1. The Bertz CT molecular complexity index is 280. The zero-order valence-electron chi connectivity index (χ0n) is 12.9. The molecule has 3 nitrogen and oxygen atoms in total. The van der Waals surface area contributed by atoms with Crippen LogP contribution in [0.15, 0.2) is 0 Å². The molecule has 0 radical (unpaired) electrons. The second-order valence-electron chi connectivity index (χ2n) is 6.37. The molecule has 2 N–H and O–H groups in total. The first-order valence-corrected chi connectivity index (χ1v) is 7.98. The number of nitrogens with two attached hydrogens (primary N) is 1. The topological polar surface area (TPSA) is 52.3 Å². The van der Waals surface area contributed by atoms with Gasteiger partial charge in [0.2, 0.25) is 0 Å². The van der Waals surface area contributed by atoms with Crippen molar-refractivity contribution in [2.45, 2.75) is 77.7 Å². The predicted molar refractivity (Wildman–Crippen MR) is 78.8 cm³/mol. The summed E-state index contributed by atoms with van der Waals surface area (Å²) in [5, 5.41) is 0. The van der Waals surface area contributed by atoms with Crippen LogP contribution < -0.4 is 5.73 Å². The number of hydrogen-bond donors (Lipinski definition) is 1. The van der Waals surface area contributed by atoms with Crippen LogP contribution >= 0.6 is 0 Å². The highest BCUT2D eigenvalue weighted by molar-refractivity contribution is 5.80. The maximum Gasteiger partial charge on any atom is 0.326 e. The number of esters is 1. The molecule has 1 fully saturated rings. The smallest absolute Gasteiger partial charge is 0.326 e. The van der Waals surface area contributed by atoms with Crippen LogP contribution in [0.4, 0.5) is 0 Å². The SMILES string of the molecule is CCCCC(CC)COC(=O)C1(N)CCCC(C)C1. The van der Waals surface area contributed by atoms with Crippen LogP contribution in [-0.2, 0) is 9.53 Å². The molecule has 1 saturated carbocycles. The van der Waals surface area contributed by atoms with E-state index in [4.69, 9.17) is 10.5 Å². The van der Waals surface area contributed by atoms with Gasteiger partial charge in [-0.2, -0.15) is 0 Å². The fourth-order valence-corrected chi connectivity index (χ4v) is 3.01. The molecule has 0 amide bonds. The highest BCUT2D eigenvalue weighted by Crippen LogP contribution is 2.31. The average Bonchev–Trinajstić information content (AvgIpc) is 2.38. The summed E-state index contributed by atoms with van der Waals surface area (Å²) in [6.45, 7) is 7.07. The van der Waals surface area contributed by atoms with Crippen molar-refractivity contribution in [3.05, 3.63) is 0 Å². The highest BCUT2D eigenvalue weighted by Gasteiger charge is 2.39. The summed E-state index contributed by atoms with van der Waals surface area (Å²) in [4.78, 5) is 12.2. The normalized spacial score (nSPS) is 28.9. The lowest BCUT2D eigenvalue weighted by molar-refractivity contribution is -0.153. The van der Waals surface area contributed by atoms with Gasteiger partial charge >= 0.3 is 5.97 Å². The van der Waals surface area contributed by atoms with Gasteiger partial charge in [-0.3, -0.25) is 4.79 Å². The van der Waals surface area contributed by atoms with Crippen molar-refractivity contribution >= 4 is 5.97 Å². The molecule has 0 aliphatic heterocycles. The van der Waals surface area contributed by atoms with Crippen molar-refractivity contribution in [2.24, 2.45) is 17.6 Å². The Kier molecular flexibility index (Phi) is 6.84. The van der Waals surface area contributed by atoms with Crippen molar-refractivity contribution in [3.8, 4) is 0 Å². The molecule has 0 saturated heterocycles. The molecule has 3 atom stereocenters. The summed E-state index contributed by atoms with van der Waals surface area (Å²) in [7, 11) is 0. The van der Waals surface area contributed by atoms with Gasteiger partial charge < -0.3 is 10.5 Å². The minimum atomic E-state index is -0.722. The summed E-state index contributed by atoms with van der Waals surface area (Å²) >= 11 is 0. The van der Waals surface area contributed by atoms with Crippen LogP contribution in [0.25, 0.3) is 0 Å². The fraction of sp³-hybridized carbons (Fsp3) is 0.938. The summed E-state index contributed by atoms with van der Waals surface area (Å²) in [6, 6.07) is 0. The Balaban J connectivity index is 2.40. The van der Waals surface area contributed by atoms with E-state index in [-0.39, 0.29) is 5.97 Å². The minimum absolute atomic E-state index is 0.172. The standard InChI is InChI=1S/C16H31NO2/c1-4-6-9-14(5-2)12-19-15(18)16(17)10-7-8-13(3)11-16/h13-14H,4-12,17H2,1-3H3. The van der Waals surface area contributed by atoms with E-state index in [0.29, 0.717) is 18.4 Å². The zero-order chi connectivity index (χ0) is 14.3. The third-order valence-electron chi connectivity index (χ3n) is 4.43. The van der Waals surface area contributed by atoms with E-state index in [1.54, 1.807) is 0 Å². The number of carbonyl (C=O) groups is 1. The van der Waals surface area contributed by atoms with Crippen molar-refractivity contribution in [3.63, 3.8) is 0 Å². The molecule has 0 heterocycles. The monoisotopic (exact) mass is 269 g/mol. The number of unbranched alkanes of at least 4 members (excludes halogenated alkanes) is 1. The summed E-state index contributed by atoms with van der Waals surface area (Å²) < 4.78 is 5.52. The van der Waals surface area contributed by atoms with Crippen molar-refractivity contribution < 1.29 is 9.53 Å². The molecule has 3 heteroatoms. The lowest BCUT2D eigenvalue weighted by Gasteiger charge is -2.34. The molecule has 0 bridgehead atoms. The van der Waals surface area contributed by atoms with Crippen LogP contribution in [-0.4, -0.2) is 18.1 Å². The van der Waals surface area contributed by atoms with E-state index >= 15 is 0 Å². The third kappa shape index (κ3) is 5.13. The quantitative estimate of drug-likeness (QED) is 0.718. The molecule has 1 aliphatic rings. The van der Waals surface area contributed by atoms with Gasteiger partial charge in [0.25, 0.3) is 0 Å². The molecule has 0 spiro atoms. The molecule has 0 aromatic carbocycles. The molecule has 1 aliphatic carbocycles. The summed E-state index contributed by atoms with van der Waals surface area (Å²) in [5.74, 6) is 0.857. The maximum absolute atomic E-state index is 12.2. The lowest BCUT2D eigenvalue weighted by atomic mass is 9.77. The largest absolute Gasteiger partial charge is 0.464 e. The Hall–Kier alpha value is -0.570.